The van der Waals surface area contributed by atoms with Crippen LogP contribution in [0.15, 0.2) is 61.7 Å². The van der Waals surface area contributed by atoms with E-state index in [1.165, 1.54) is 0 Å². The molecule has 1 aromatic rings. The molecule has 0 aliphatic carbocycles. The monoisotopic (exact) mass is 272 g/mol. The summed E-state index contributed by atoms with van der Waals surface area (Å²) in [6, 6.07) is 9.49. The van der Waals surface area contributed by atoms with Crippen LogP contribution >= 0.6 is 0 Å². The molecule has 0 fully saturated rings. The molecule has 4 heteroatoms. The number of hydrogen-bond acceptors (Lipinski definition) is 4. The molecule has 0 aliphatic heterocycles. The first-order valence-corrected chi connectivity index (χ1v) is 6.01. The number of carbonyl (C=O) groups is 2. The fraction of sp³-hybridized carbons (Fsp3) is 0.125. The van der Waals surface area contributed by atoms with E-state index in [2.05, 4.69) is 13.2 Å². The van der Waals surface area contributed by atoms with Gasteiger partial charge in [-0.25, -0.2) is 9.59 Å². The summed E-state index contributed by atoms with van der Waals surface area (Å²) < 4.78 is 9.93. The Balaban J connectivity index is 2.68. The van der Waals surface area contributed by atoms with Crippen LogP contribution in [0.5, 0.6) is 0 Å². The van der Waals surface area contributed by atoms with Crippen LogP contribution in [0.4, 0.5) is 0 Å². The van der Waals surface area contributed by atoms with E-state index in [-0.39, 0.29) is 6.61 Å². The van der Waals surface area contributed by atoms with Gasteiger partial charge in [0.05, 0.1) is 0 Å². The van der Waals surface area contributed by atoms with Gasteiger partial charge in [-0.1, -0.05) is 49.6 Å². The molecule has 0 heterocycles. The Morgan fingerprint density at radius 2 is 1.75 bits per heavy atom. The summed E-state index contributed by atoms with van der Waals surface area (Å²) in [5, 5.41) is 0. The molecule has 0 aliphatic rings. The lowest BCUT2D eigenvalue weighted by molar-refractivity contribution is -0.149. The molecule has 0 N–H and O–H groups in total. The van der Waals surface area contributed by atoms with Crippen molar-refractivity contribution in [2.24, 2.45) is 0 Å². The Hall–Kier alpha value is -2.62. The third kappa shape index (κ3) is 5.82. The van der Waals surface area contributed by atoms with Gasteiger partial charge in [0.1, 0.15) is 6.61 Å². The molecule has 1 atom stereocenters. The van der Waals surface area contributed by atoms with Crippen LogP contribution in [0.1, 0.15) is 5.56 Å². The molecule has 0 amide bonds. The van der Waals surface area contributed by atoms with Gasteiger partial charge in [0.25, 0.3) is 0 Å². The quantitative estimate of drug-likeness (QED) is 0.565. The van der Waals surface area contributed by atoms with E-state index < -0.39 is 18.0 Å². The number of rotatable bonds is 7. The normalized spacial score (nSPS) is 11.6. The maximum Gasteiger partial charge on any atom is 0.330 e. The minimum absolute atomic E-state index is 0.0756. The fourth-order valence-electron chi connectivity index (χ4n) is 1.33. The predicted octanol–water partition coefficient (Wildman–Crippen LogP) is 2.53. The molecule has 1 aromatic carbocycles. The maximum atomic E-state index is 11.2. The van der Waals surface area contributed by atoms with Crippen molar-refractivity contribution in [2.75, 3.05) is 6.61 Å². The lowest BCUT2D eigenvalue weighted by Gasteiger charge is -2.12. The summed E-state index contributed by atoms with van der Waals surface area (Å²) in [4.78, 5) is 22.2. The van der Waals surface area contributed by atoms with Crippen molar-refractivity contribution in [3.05, 3.63) is 67.3 Å². The summed E-state index contributed by atoms with van der Waals surface area (Å²) in [6.07, 6.45) is 4.85. The van der Waals surface area contributed by atoms with Gasteiger partial charge >= 0.3 is 11.9 Å². The topological polar surface area (TPSA) is 52.6 Å². The highest BCUT2D eigenvalue weighted by Crippen LogP contribution is 2.05. The molecule has 0 radical (unpaired) electrons. The summed E-state index contributed by atoms with van der Waals surface area (Å²) in [5.74, 6) is -1.15. The van der Waals surface area contributed by atoms with Gasteiger partial charge in [0, 0.05) is 12.2 Å². The van der Waals surface area contributed by atoms with Crippen LogP contribution in [0.25, 0.3) is 6.08 Å². The zero-order valence-electron chi connectivity index (χ0n) is 11.0. The van der Waals surface area contributed by atoms with E-state index in [4.69, 9.17) is 9.47 Å². The van der Waals surface area contributed by atoms with Crippen molar-refractivity contribution >= 4 is 18.0 Å². The lowest BCUT2D eigenvalue weighted by atomic mass is 10.2. The first kappa shape index (κ1) is 15.4. The van der Waals surface area contributed by atoms with Crippen LogP contribution < -0.4 is 0 Å². The van der Waals surface area contributed by atoms with E-state index in [9.17, 15) is 9.59 Å². The average molecular weight is 272 g/mol. The smallest absolute Gasteiger partial charge is 0.330 e. The number of ether oxygens (including phenoxy) is 2. The van der Waals surface area contributed by atoms with Gasteiger partial charge in [0.15, 0.2) is 6.10 Å². The van der Waals surface area contributed by atoms with Crippen molar-refractivity contribution in [3.63, 3.8) is 0 Å². The van der Waals surface area contributed by atoms with E-state index in [1.807, 2.05) is 30.3 Å². The summed E-state index contributed by atoms with van der Waals surface area (Å²) in [7, 11) is 0. The molecular weight excluding hydrogens is 256 g/mol. The van der Waals surface area contributed by atoms with Crippen LogP contribution in [0, 0.1) is 0 Å². The standard InChI is InChI=1S/C16H16O4/c1-3-15(17)19-12-14(20-16(18)4-2)11-10-13-8-6-5-7-9-13/h3-11,14H,1-2,12H2. The van der Waals surface area contributed by atoms with E-state index >= 15 is 0 Å². The number of hydrogen-bond donors (Lipinski definition) is 0. The summed E-state index contributed by atoms with van der Waals surface area (Å²) in [6.45, 7) is 6.54. The summed E-state index contributed by atoms with van der Waals surface area (Å²) in [5.41, 5.74) is 0.946. The Morgan fingerprint density at radius 1 is 1.10 bits per heavy atom. The SMILES string of the molecule is C=CC(=O)OCC(C=Cc1ccccc1)OC(=O)C=C. The first-order valence-electron chi connectivity index (χ1n) is 6.01. The highest BCUT2D eigenvalue weighted by Gasteiger charge is 2.11. The van der Waals surface area contributed by atoms with Crippen LogP contribution in [0.3, 0.4) is 0 Å². The second-order valence-electron chi connectivity index (χ2n) is 3.78. The lowest BCUT2D eigenvalue weighted by Crippen LogP contribution is -2.22. The van der Waals surface area contributed by atoms with Gasteiger partial charge in [-0.15, -0.1) is 0 Å². The summed E-state index contributed by atoms with van der Waals surface area (Å²) >= 11 is 0. The second kappa shape index (κ2) is 8.48. The molecule has 1 rings (SSSR count). The van der Waals surface area contributed by atoms with Crippen LogP contribution in [0.2, 0.25) is 0 Å². The largest absolute Gasteiger partial charge is 0.458 e. The van der Waals surface area contributed by atoms with E-state index in [0.29, 0.717) is 0 Å². The van der Waals surface area contributed by atoms with E-state index in [0.717, 1.165) is 17.7 Å². The van der Waals surface area contributed by atoms with Crippen molar-refractivity contribution < 1.29 is 19.1 Å². The third-order valence-electron chi connectivity index (χ3n) is 2.29. The average Bonchev–Trinajstić information content (AvgIpc) is 2.50. The zero-order valence-corrected chi connectivity index (χ0v) is 11.0. The minimum atomic E-state index is -0.676. The molecular formula is C16H16O4. The molecule has 20 heavy (non-hydrogen) atoms. The van der Waals surface area contributed by atoms with Gasteiger partial charge in [-0.05, 0) is 11.6 Å². The highest BCUT2D eigenvalue weighted by molar-refractivity contribution is 5.82. The first-order chi connectivity index (χ1) is 9.65. The molecule has 0 saturated carbocycles. The molecule has 4 nitrogen and oxygen atoms in total. The Morgan fingerprint density at radius 3 is 2.35 bits per heavy atom. The van der Waals surface area contributed by atoms with Crippen LogP contribution in [-0.2, 0) is 19.1 Å². The van der Waals surface area contributed by atoms with Crippen LogP contribution in [-0.4, -0.2) is 24.6 Å². The highest BCUT2D eigenvalue weighted by atomic mass is 16.6. The van der Waals surface area contributed by atoms with Gasteiger partial charge < -0.3 is 9.47 Å². The molecule has 0 spiro atoms. The van der Waals surface area contributed by atoms with Crippen molar-refractivity contribution in [2.45, 2.75) is 6.10 Å². The molecule has 0 aromatic heterocycles. The van der Waals surface area contributed by atoms with Crippen molar-refractivity contribution in [3.8, 4) is 0 Å². The van der Waals surface area contributed by atoms with Crippen molar-refractivity contribution in [1.29, 1.82) is 0 Å². The maximum absolute atomic E-state index is 11.2. The second-order valence-corrected chi connectivity index (χ2v) is 3.78. The van der Waals surface area contributed by atoms with E-state index in [1.54, 1.807) is 12.2 Å². The number of carbonyl (C=O) groups excluding carboxylic acids is 2. The molecule has 104 valence electrons. The Kier molecular flexibility index (Phi) is 6.54. The fourth-order valence-corrected chi connectivity index (χ4v) is 1.33. The predicted molar refractivity (Wildman–Crippen MR) is 76.7 cm³/mol. The van der Waals surface area contributed by atoms with Gasteiger partial charge in [0.2, 0.25) is 0 Å². The molecule has 1 unspecified atom stereocenters. The Bertz CT molecular complexity index is 502. The third-order valence-corrected chi connectivity index (χ3v) is 2.29. The molecule has 0 bridgehead atoms. The van der Waals surface area contributed by atoms with Gasteiger partial charge in [-0.2, -0.15) is 0 Å². The zero-order chi connectivity index (χ0) is 14.8. The number of benzene rings is 1. The minimum Gasteiger partial charge on any atom is -0.458 e. The number of esters is 2. The molecule has 0 saturated heterocycles. The van der Waals surface area contributed by atoms with Gasteiger partial charge in [-0.3, -0.25) is 0 Å². The van der Waals surface area contributed by atoms with Crippen molar-refractivity contribution in [1.82, 2.24) is 0 Å². The Labute approximate surface area is 118 Å².